The van der Waals surface area contributed by atoms with E-state index in [-0.39, 0.29) is 31.3 Å². The van der Waals surface area contributed by atoms with Gasteiger partial charge < -0.3 is 10.4 Å². The number of carbonyl (C=O) groups is 2. The second-order valence-corrected chi connectivity index (χ2v) is 5.49. The van der Waals surface area contributed by atoms with Gasteiger partial charge in [-0.1, -0.05) is 32.1 Å². The zero-order valence-electron chi connectivity index (χ0n) is 12.3. The Morgan fingerprint density at radius 3 is 2.25 bits per heavy atom. The first-order valence-corrected chi connectivity index (χ1v) is 7.27. The molecule has 6 heteroatoms. The second kappa shape index (κ2) is 10.9. The van der Waals surface area contributed by atoms with Gasteiger partial charge in [0.15, 0.2) is 0 Å². The van der Waals surface area contributed by atoms with Crippen LogP contribution >= 0.6 is 12.4 Å². The molecule has 1 fully saturated rings. The summed E-state index contributed by atoms with van der Waals surface area (Å²) >= 11 is 0. The number of hydrogen-bond donors (Lipinski definition) is 2. The summed E-state index contributed by atoms with van der Waals surface area (Å²) in [5, 5.41) is 11.7. The minimum absolute atomic E-state index is 0. The molecule has 20 heavy (non-hydrogen) atoms. The predicted molar refractivity (Wildman–Crippen MR) is 81.2 cm³/mol. The summed E-state index contributed by atoms with van der Waals surface area (Å²) in [6.45, 7) is 0.692. The largest absolute Gasteiger partial charge is 0.481 e. The summed E-state index contributed by atoms with van der Waals surface area (Å²) in [5.74, 6) is -0.814. The lowest BCUT2D eigenvalue weighted by Crippen LogP contribution is -2.41. The van der Waals surface area contributed by atoms with Gasteiger partial charge in [0.1, 0.15) is 0 Å². The number of rotatable bonds is 6. The van der Waals surface area contributed by atoms with E-state index in [1.165, 1.54) is 32.1 Å². The third-order valence-corrected chi connectivity index (χ3v) is 3.59. The molecule has 1 amide bonds. The van der Waals surface area contributed by atoms with Crippen molar-refractivity contribution in [2.45, 2.75) is 57.4 Å². The molecule has 0 aliphatic heterocycles. The van der Waals surface area contributed by atoms with Crippen LogP contribution in [0.15, 0.2) is 0 Å². The molecule has 1 saturated carbocycles. The molecule has 0 spiro atoms. The maximum atomic E-state index is 11.9. The molecule has 1 rings (SSSR count). The second-order valence-electron chi connectivity index (χ2n) is 5.49. The van der Waals surface area contributed by atoms with E-state index in [0.717, 1.165) is 12.8 Å². The third-order valence-electron chi connectivity index (χ3n) is 3.59. The van der Waals surface area contributed by atoms with Gasteiger partial charge in [0, 0.05) is 12.6 Å². The molecule has 0 aromatic heterocycles. The highest BCUT2D eigenvalue weighted by Gasteiger charge is 2.15. The van der Waals surface area contributed by atoms with E-state index < -0.39 is 5.97 Å². The third kappa shape index (κ3) is 9.15. The van der Waals surface area contributed by atoms with Gasteiger partial charge in [0.05, 0.1) is 13.0 Å². The van der Waals surface area contributed by atoms with Crippen LogP contribution in [-0.4, -0.2) is 48.1 Å². The molecular weight excluding hydrogens is 280 g/mol. The van der Waals surface area contributed by atoms with Gasteiger partial charge in [-0.2, -0.15) is 0 Å². The van der Waals surface area contributed by atoms with E-state index in [2.05, 4.69) is 5.32 Å². The average molecular weight is 307 g/mol. The molecule has 5 nitrogen and oxygen atoms in total. The average Bonchev–Trinajstić information content (AvgIpc) is 2.30. The summed E-state index contributed by atoms with van der Waals surface area (Å²) < 4.78 is 0. The Balaban J connectivity index is 0.00000361. The molecule has 0 radical (unpaired) electrons. The number of carbonyl (C=O) groups excluding carboxylic acids is 1. The Morgan fingerprint density at radius 2 is 1.70 bits per heavy atom. The van der Waals surface area contributed by atoms with Crippen molar-refractivity contribution in [2.24, 2.45) is 0 Å². The number of carboxylic acid groups (broad SMARTS) is 1. The number of likely N-dealkylation sites (N-methyl/N-ethyl adjacent to an activating group) is 1. The Labute approximate surface area is 127 Å². The van der Waals surface area contributed by atoms with E-state index in [0.29, 0.717) is 12.6 Å². The molecule has 0 aromatic rings. The number of nitrogens with zero attached hydrogens (tertiary/aromatic N) is 1. The summed E-state index contributed by atoms with van der Waals surface area (Å²) in [5.41, 5.74) is 0. The molecule has 1 aliphatic carbocycles. The highest BCUT2D eigenvalue weighted by Crippen LogP contribution is 2.16. The molecular formula is C14H27ClN2O3. The summed E-state index contributed by atoms with van der Waals surface area (Å²) in [6, 6.07) is 0.306. The number of aliphatic carboxylic acids is 1. The standard InChI is InChI=1S/C14H26N2O3.ClH/c1-16(10-9-14(18)19)11-13(17)15-12-7-5-3-2-4-6-8-12;/h12H,2-11H2,1H3,(H,15,17)(H,18,19);1H. The quantitative estimate of drug-likeness (QED) is 0.788. The van der Waals surface area contributed by atoms with Crippen LogP contribution < -0.4 is 5.32 Å². The highest BCUT2D eigenvalue weighted by molar-refractivity contribution is 5.85. The van der Waals surface area contributed by atoms with Gasteiger partial charge >= 0.3 is 5.97 Å². The van der Waals surface area contributed by atoms with Crippen LogP contribution in [0, 0.1) is 0 Å². The zero-order valence-corrected chi connectivity index (χ0v) is 13.1. The van der Waals surface area contributed by atoms with Crippen molar-refractivity contribution in [3.05, 3.63) is 0 Å². The SMILES string of the molecule is CN(CCC(=O)O)CC(=O)NC1CCCCCCC1.Cl. The molecule has 0 heterocycles. The Kier molecular flexibility index (Phi) is 10.5. The van der Waals surface area contributed by atoms with E-state index in [4.69, 9.17) is 5.11 Å². The normalized spacial score (nSPS) is 16.9. The monoisotopic (exact) mass is 306 g/mol. The van der Waals surface area contributed by atoms with Crippen LogP contribution in [0.3, 0.4) is 0 Å². The predicted octanol–water partition coefficient (Wildman–Crippen LogP) is 2.04. The maximum Gasteiger partial charge on any atom is 0.304 e. The molecule has 0 saturated heterocycles. The fraction of sp³-hybridized carbons (Fsp3) is 0.857. The van der Waals surface area contributed by atoms with E-state index in [1.807, 2.05) is 0 Å². The molecule has 0 atom stereocenters. The van der Waals surface area contributed by atoms with Crippen molar-refractivity contribution in [1.82, 2.24) is 10.2 Å². The molecule has 2 N–H and O–H groups in total. The first kappa shape index (κ1) is 19.2. The molecule has 0 bridgehead atoms. The first-order valence-electron chi connectivity index (χ1n) is 7.27. The van der Waals surface area contributed by atoms with Crippen LogP contribution in [0.25, 0.3) is 0 Å². The minimum Gasteiger partial charge on any atom is -0.481 e. The van der Waals surface area contributed by atoms with Gasteiger partial charge in [0.25, 0.3) is 0 Å². The summed E-state index contributed by atoms with van der Waals surface area (Å²) in [6.07, 6.45) is 8.47. The fourth-order valence-electron chi connectivity index (χ4n) is 2.48. The number of hydrogen-bond acceptors (Lipinski definition) is 3. The van der Waals surface area contributed by atoms with Crippen LogP contribution in [0.5, 0.6) is 0 Å². The molecule has 0 unspecified atom stereocenters. The van der Waals surface area contributed by atoms with Crippen LogP contribution in [0.1, 0.15) is 51.4 Å². The van der Waals surface area contributed by atoms with Crippen LogP contribution in [0.2, 0.25) is 0 Å². The van der Waals surface area contributed by atoms with Gasteiger partial charge in [-0.15, -0.1) is 12.4 Å². The van der Waals surface area contributed by atoms with E-state index >= 15 is 0 Å². The van der Waals surface area contributed by atoms with Crippen LogP contribution in [-0.2, 0) is 9.59 Å². The molecule has 1 aliphatic rings. The maximum absolute atomic E-state index is 11.9. The van der Waals surface area contributed by atoms with Gasteiger partial charge in [-0.25, -0.2) is 0 Å². The van der Waals surface area contributed by atoms with E-state index in [9.17, 15) is 9.59 Å². The Morgan fingerprint density at radius 1 is 1.15 bits per heavy atom. The highest BCUT2D eigenvalue weighted by atomic mass is 35.5. The summed E-state index contributed by atoms with van der Waals surface area (Å²) in [4.78, 5) is 24.1. The number of amides is 1. The topological polar surface area (TPSA) is 69.6 Å². The van der Waals surface area contributed by atoms with Gasteiger partial charge in [-0.3, -0.25) is 14.5 Å². The van der Waals surface area contributed by atoms with Crippen molar-refractivity contribution < 1.29 is 14.7 Å². The lowest BCUT2D eigenvalue weighted by Gasteiger charge is -2.22. The first-order chi connectivity index (χ1) is 9.08. The number of nitrogens with one attached hydrogen (secondary N) is 1. The van der Waals surface area contributed by atoms with E-state index in [1.54, 1.807) is 11.9 Å². The smallest absolute Gasteiger partial charge is 0.304 e. The lowest BCUT2D eigenvalue weighted by atomic mass is 9.97. The van der Waals surface area contributed by atoms with Crippen molar-refractivity contribution in [3.63, 3.8) is 0 Å². The van der Waals surface area contributed by atoms with Crippen molar-refractivity contribution in [2.75, 3.05) is 20.1 Å². The fourth-order valence-corrected chi connectivity index (χ4v) is 2.48. The number of carboxylic acids is 1. The van der Waals surface area contributed by atoms with Gasteiger partial charge in [-0.05, 0) is 19.9 Å². The van der Waals surface area contributed by atoms with Crippen molar-refractivity contribution >= 4 is 24.3 Å². The molecule has 0 aromatic carbocycles. The van der Waals surface area contributed by atoms with Crippen molar-refractivity contribution in [1.29, 1.82) is 0 Å². The zero-order chi connectivity index (χ0) is 14.1. The Bertz CT molecular complexity index is 292. The van der Waals surface area contributed by atoms with Gasteiger partial charge in [0.2, 0.25) is 5.91 Å². The molecule has 118 valence electrons. The van der Waals surface area contributed by atoms with Crippen LogP contribution in [0.4, 0.5) is 0 Å². The number of halogens is 1. The minimum atomic E-state index is -0.827. The summed E-state index contributed by atoms with van der Waals surface area (Å²) in [7, 11) is 1.78. The Hall–Kier alpha value is -0.810. The van der Waals surface area contributed by atoms with Crippen molar-refractivity contribution in [3.8, 4) is 0 Å². The lowest BCUT2D eigenvalue weighted by molar-refractivity contribution is -0.137.